The van der Waals surface area contributed by atoms with Crippen LogP contribution in [0.25, 0.3) is 0 Å². The number of methoxy groups -OCH3 is 2. The first kappa shape index (κ1) is 19.1. The van der Waals surface area contributed by atoms with E-state index in [2.05, 4.69) is 4.90 Å². The van der Waals surface area contributed by atoms with Gasteiger partial charge in [0.15, 0.2) is 0 Å². The van der Waals surface area contributed by atoms with Crippen molar-refractivity contribution in [1.82, 2.24) is 4.90 Å². The van der Waals surface area contributed by atoms with Crippen molar-refractivity contribution >= 4 is 28.9 Å². The highest BCUT2D eigenvalue weighted by Gasteiger charge is 2.26. The molecule has 0 aliphatic carbocycles. The number of benzene rings is 2. The topological polar surface area (TPSA) is 68.0 Å². The Hall–Kier alpha value is -2.67. The number of halogens is 2. The van der Waals surface area contributed by atoms with E-state index in [0.717, 1.165) is 5.69 Å². The van der Waals surface area contributed by atoms with E-state index in [4.69, 9.17) is 26.8 Å². The Balaban J connectivity index is 1.75. The minimum Gasteiger partial charge on any atom is -0.496 e. The molecule has 1 fully saturated rings. The normalized spacial score (nSPS) is 14.2. The summed E-state index contributed by atoms with van der Waals surface area (Å²) in [5, 5.41) is 0.314. The first-order valence-corrected chi connectivity index (χ1v) is 8.83. The van der Waals surface area contributed by atoms with Gasteiger partial charge in [-0.2, -0.15) is 0 Å². The lowest BCUT2D eigenvalue weighted by atomic mass is 10.1. The Bertz CT molecular complexity index is 854. The molecule has 0 aromatic heterocycles. The third kappa shape index (κ3) is 3.88. The number of rotatable bonds is 4. The number of hydrogen-bond acceptors (Lipinski definition) is 5. The molecule has 2 aromatic rings. The number of nitrogens with zero attached hydrogens (tertiary/aromatic N) is 2. The summed E-state index contributed by atoms with van der Waals surface area (Å²) >= 11 is 6.07. The summed E-state index contributed by atoms with van der Waals surface area (Å²) in [6.07, 6.45) is 0. The third-order valence-electron chi connectivity index (χ3n) is 4.60. The number of ether oxygens (including phenoxy) is 2. The van der Waals surface area contributed by atoms with Gasteiger partial charge >= 0.3 is 0 Å². The number of piperazine rings is 1. The largest absolute Gasteiger partial charge is 0.496 e. The molecule has 1 saturated heterocycles. The molecular formula is C19H21ClFN3O3. The number of nitrogen functional groups attached to an aromatic ring is 1. The summed E-state index contributed by atoms with van der Waals surface area (Å²) in [5.41, 5.74) is 7.33. The predicted octanol–water partition coefficient (Wildman–Crippen LogP) is 3.04. The van der Waals surface area contributed by atoms with Gasteiger partial charge < -0.3 is 25.0 Å². The summed E-state index contributed by atoms with van der Waals surface area (Å²) in [4.78, 5) is 16.7. The molecule has 2 aromatic carbocycles. The highest BCUT2D eigenvalue weighted by atomic mass is 35.5. The van der Waals surface area contributed by atoms with Gasteiger partial charge in [0.2, 0.25) is 0 Å². The second kappa shape index (κ2) is 7.92. The molecule has 8 heteroatoms. The fraction of sp³-hybridized carbons (Fsp3) is 0.316. The van der Waals surface area contributed by atoms with Gasteiger partial charge in [-0.25, -0.2) is 4.39 Å². The van der Waals surface area contributed by atoms with E-state index in [9.17, 15) is 9.18 Å². The Kier molecular flexibility index (Phi) is 5.60. The maximum Gasteiger partial charge on any atom is 0.257 e. The molecule has 1 aliphatic rings. The molecule has 0 atom stereocenters. The highest BCUT2D eigenvalue weighted by molar-refractivity contribution is 6.33. The quantitative estimate of drug-likeness (QED) is 0.809. The maximum atomic E-state index is 13.4. The van der Waals surface area contributed by atoms with Crippen molar-refractivity contribution < 1.29 is 18.7 Å². The van der Waals surface area contributed by atoms with Crippen molar-refractivity contribution in [2.45, 2.75) is 0 Å². The van der Waals surface area contributed by atoms with Crippen LogP contribution in [-0.2, 0) is 0 Å². The molecule has 144 valence electrons. The van der Waals surface area contributed by atoms with Crippen molar-refractivity contribution in [3.8, 4) is 11.5 Å². The molecule has 6 nitrogen and oxygen atoms in total. The van der Waals surface area contributed by atoms with Gasteiger partial charge in [-0.1, -0.05) is 11.6 Å². The smallest absolute Gasteiger partial charge is 0.257 e. The minimum absolute atomic E-state index is 0.167. The number of anilines is 2. The Morgan fingerprint density at radius 1 is 1.07 bits per heavy atom. The van der Waals surface area contributed by atoms with Crippen LogP contribution in [0.2, 0.25) is 5.02 Å². The minimum atomic E-state index is -0.350. The molecule has 0 bridgehead atoms. The Morgan fingerprint density at radius 3 is 2.37 bits per heavy atom. The molecule has 1 amide bonds. The summed E-state index contributed by atoms with van der Waals surface area (Å²) in [5.74, 6) is 0.350. The van der Waals surface area contributed by atoms with Crippen LogP contribution in [0.15, 0.2) is 30.3 Å². The zero-order valence-corrected chi connectivity index (χ0v) is 15.9. The molecule has 3 rings (SSSR count). The number of hydrogen-bond donors (Lipinski definition) is 1. The summed E-state index contributed by atoms with van der Waals surface area (Å²) < 4.78 is 24.0. The van der Waals surface area contributed by atoms with Gasteiger partial charge in [-0.15, -0.1) is 0 Å². The number of carbonyl (C=O) groups excluding carboxylic acids is 1. The van der Waals surface area contributed by atoms with Crippen molar-refractivity contribution in [2.75, 3.05) is 51.0 Å². The molecular weight excluding hydrogens is 373 g/mol. The molecule has 2 N–H and O–H groups in total. The fourth-order valence-electron chi connectivity index (χ4n) is 3.14. The van der Waals surface area contributed by atoms with Crippen LogP contribution in [-0.4, -0.2) is 51.2 Å². The van der Waals surface area contributed by atoms with Gasteiger partial charge in [-0.05, 0) is 18.2 Å². The number of nitrogens with two attached hydrogens (primary N) is 1. The van der Waals surface area contributed by atoms with E-state index in [1.165, 1.54) is 32.4 Å². The van der Waals surface area contributed by atoms with E-state index in [-0.39, 0.29) is 11.7 Å². The van der Waals surface area contributed by atoms with Crippen molar-refractivity contribution in [1.29, 1.82) is 0 Å². The zero-order chi connectivity index (χ0) is 19.6. The maximum absolute atomic E-state index is 13.4. The SMILES string of the molecule is COc1cc(N)c(Cl)cc1C(=O)N1CCN(c2ccc(F)cc2OC)CC1. The molecule has 1 aliphatic heterocycles. The molecule has 0 unspecified atom stereocenters. The van der Waals surface area contributed by atoms with Crippen LogP contribution in [0.3, 0.4) is 0 Å². The van der Waals surface area contributed by atoms with Gasteiger partial charge in [0, 0.05) is 38.3 Å². The van der Waals surface area contributed by atoms with Crippen LogP contribution in [0, 0.1) is 5.82 Å². The average Bonchev–Trinajstić information content (AvgIpc) is 2.69. The Labute approximate surface area is 162 Å². The summed E-state index contributed by atoms with van der Waals surface area (Å²) in [7, 11) is 2.99. The molecule has 27 heavy (non-hydrogen) atoms. The fourth-order valence-corrected chi connectivity index (χ4v) is 3.30. The first-order chi connectivity index (χ1) is 12.9. The molecule has 0 saturated carbocycles. The van der Waals surface area contributed by atoms with E-state index in [1.54, 1.807) is 17.0 Å². The lowest BCUT2D eigenvalue weighted by molar-refractivity contribution is 0.0743. The van der Waals surface area contributed by atoms with Crippen LogP contribution < -0.4 is 20.1 Å². The lowest BCUT2D eigenvalue weighted by Gasteiger charge is -2.36. The van der Waals surface area contributed by atoms with Crippen LogP contribution in [0.1, 0.15) is 10.4 Å². The molecule has 0 radical (unpaired) electrons. The van der Waals surface area contributed by atoms with E-state index >= 15 is 0 Å². The predicted molar refractivity (Wildman–Crippen MR) is 103 cm³/mol. The van der Waals surface area contributed by atoms with Crippen LogP contribution >= 0.6 is 11.6 Å². The zero-order valence-electron chi connectivity index (χ0n) is 15.2. The second-order valence-electron chi connectivity index (χ2n) is 6.17. The van der Waals surface area contributed by atoms with E-state index in [0.29, 0.717) is 54.0 Å². The van der Waals surface area contributed by atoms with Crippen LogP contribution in [0.5, 0.6) is 11.5 Å². The number of amides is 1. The van der Waals surface area contributed by atoms with Gasteiger partial charge in [0.05, 0.1) is 36.2 Å². The number of carbonyl (C=O) groups is 1. The lowest BCUT2D eigenvalue weighted by Crippen LogP contribution is -2.49. The van der Waals surface area contributed by atoms with Gasteiger partial charge in [-0.3, -0.25) is 4.79 Å². The van der Waals surface area contributed by atoms with Crippen molar-refractivity contribution in [3.63, 3.8) is 0 Å². The van der Waals surface area contributed by atoms with E-state index < -0.39 is 0 Å². The third-order valence-corrected chi connectivity index (χ3v) is 4.93. The van der Waals surface area contributed by atoms with Crippen molar-refractivity contribution in [3.05, 3.63) is 46.7 Å². The molecule has 1 heterocycles. The van der Waals surface area contributed by atoms with E-state index in [1.807, 2.05) is 0 Å². The summed E-state index contributed by atoms with van der Waals surface area (Å²) in [6, 6.07) is 7.53. The van der Waals surface area contributed by atoms with Gasteiger partial charge in [0.25, 0.3) is 5.91 Å². The standard InChI is InChI=1S/C19H21ClFN3O3/c1-26-17-11-15(22)14(20)10-13(17)19(25)24-7-5-23(6-8-24)16-4-3-12(21)9-18(16)27-2/h3-4,9-11H,5-8,22H2,1-2H3. The summed E-state index contributed by atoms with van der Waals surface area (Å²) in [6.45, 7) is 2.20. The van der Waals surface area contributed by atoms with Gasteiger partial charge in [0.1, 0.15) is 17.3 Å². The van der Waals surface area contributed by atoms with Crippen LogP contribution in [0.4, 0.5) is 15.8 Å². The molecule has 0 spiro atoms. The first-order valence-electron chi connectivity index (χ1n) is 8.45. The second-order valence-corrected chi connectivity index (χ2v) is 6.58. The Morgan fingerprint density at radius 2 is 1.74 bits per heavy atom. The average molecular weight is 394 g/mol. The monoisotopic (exact) mass is 393 g/mol. The highest BCUT2D eigenvalue weighted by Crippen LogP contribution is 2.32. The van der Waals surface area contributed by atoms with Crippen molar-refractivity contribution in [2.24, 2.45) is 0 Å².